The maximum atomic E-state index is 11.3. The highest BCUT2D eigenvalue weighted by molar-refractivity contribution is 14.1. The van der Waals surface area contributed by atoms with E-state index in [9.17, 15) is 14.7 Å². The summed E-state index contributed by atoms with van der Waals surface area (Å²) in [6.07, 6.45) is 1.38. The molecule has 0 bridgehead atoms. The van der Waals surface area contributed by atoms with Gasteiger partial charge < -0.3 is 19.9 Å². The van der Waals surface area contributed by atoms with Gasteiger partial charge in [-0.3, -0.25) is 4.79 Å². The SMILES string of the molecule is CCOc1cc(/C=C(/NC(C)=O)C(=O)O)cc(I)c1OCc1ccccc1. The maximum Gasteiger partial charge on any atom is 0.352 e. The van der Waals surface area contributed by atoms with Crippen molar-refractivity contribution in [3.8, 4) is 11.5 Å². The van der Waals surface area contributed by atoms with Crippen LogP contribution in [0.1, 0.15) is 25.0 Å². The fourth-order valence-corrected chi connectivity index (χ4v) is 3.09. The number of hydrogen-bond donors (Lipinski definition) is 2. The smallest absolute Gasteiger partial charge is 0.352 e. The third-order valence-corrected chi connectivity index (χ3v) is 4.21. The second-order valence-electron chi connectivity index (χ2n) is 5.58. The van der Waals surface area contributed by atoms with Crippen molar-refractivity contribution in [2.45, 2.75) is 20.5 Å². The first-order chi connectivity index (χ1) is 12.9. The molecule has 0 radical (unpaired) electrons. The molecule has 142 valence electrons. The molecule has 0 spiro atoms. The lowest BCUT2D eigenvalue weighted by molar-refractivity contribution is -0.134. The number of carbonyl (C=O) groups is 2. The summed E-state index contributed by atoms with van der Waals surface area (Å²) in [6.45, 7) is 3.93. The van der Waals surface area contributed by atoms with Crippen LogP contribution in [0.5, 0.6) is 11.5 Å². The van der Waals surface area contributed by atoms with Gasteiger partial charge in [0.2, 0.25) is 5.91 Å². The van der Waals surface area contributed by atoms with E-state index in [1.807, 2.05) is 37.3 Å². The summed E-state index contributed by atoms with van der Waals surface area (Å²) >= 11 is 2.11. The first-order valence-corrected chi connectivity index (χ1v) is 9.34. The first kappa shape index (κ1) is 20.8. The zero-order valence-electron chi connectivity index (χ0n) is 15.0. The molecule has 27 heavy (non-hydrogen) atoms. The summed E-state index contributed by atoms with van der Waals surface area (Å²) in [4.78, 5) is 22.5. The first-order valence-electron chi connectivity index (χ1n) is 8.26. The highest BCUT2D eigenvalue weighted by atomic mass is 127. The molecule has 7 heteroatoms. The Bertz CT molecular complexity index is 849. The molecule has 0 aliphatic heterocycles. The van der Waals surface area contributed by atoms with Crippen molar-refractivity contribution < 1.29 is 24.2 Å². The van der Waals surface area contributed by atoms with Gasteiger partial charge in [0.25, 0.3) is 0 Å². The monoisotopic (exact) mass is 481 g/mol. The van der Waals surface area contributed by atoms with Gasteiger partial charge in [0.15, 0.2) is 11.5 Å². The van der Waals surface area contributed by atoms with Crippen LogP contribution in [-0.4, -0.2) is 23.6 Å². The van der Waals surface area contributed by atoms with Gasteiger partial charge in [0, 0.05) is 6.92 Å². The number of nitrogens with one attached hydrogen (secondary N) is 1. The molecule has 2 rings (SSSR count). The molecule has 2 aromatic rings. The Morgan fingerprint density at radius 3 is 2.48 bits per heavy atom. The molecule has 1 amide bonds. The molecule has 2 N–H and O–H groups in total. The van der Waals surface area contributed by atoms with Gasteiger partial charge >= 0.3 is 5.97 Å². The maximum absolute atomic E-state index is 11.3. The summed E-state index contributed by atoms with van der Waals surface area (Å²) in [6, 6.07) is 13.2. The van der Waals surface area contributed by atoms with Crippen LogP contribution in [0.25, 0.3) is 6.08 Å². The van der Waals surface area contributed by atoms with Crippen molar-refractivity contribution >= 4 is 40.5 Å². The Hall–Kier alpha value is -2.55. The van der Waals surface area contributed by atoms with Crippen molar-refractivity contribution in [2.75, 3.05) is 6.61 Å². The zero-order valence-corrected chi connectivity index (χ0v) is 17.1. The van der Waals surface area contributed by atoms with Gasteiger partial charge in [-0.1, -0.05) is 30.3 Å². The molecule has 6 nitrogen and oxygen atoms in total. The number of carboxylic acids is 1. The molecular formula is C20H20INO5. The van der Waals surface area contributed by atoms with Gasteiger partial charge in [-0.2, -0.15) is 0 Å². The van der Waals surface area contributed by atoms with Crippen LogP contribution in [0.15, 0.2) is 48.2 Å². The van der Waals surface area contributed by atoms with Crippen LogP contribution in [0.4, 0.5) is 0 Å². The van der Waals surface area contributed by atoms with Gasteiger partial charge in [0.05, 0.1) is 10.2 Å². The summed E-state index contributed by atoms with van der Waals surface area (Å²) in [5.74, 6) is -0.567. The van der Waals surface area contributed by atoms with Crippen LogP contribution in [-0.2, 0) is 16.2 Å². The number of hydrogen-bond acceptors (Lipinski definition) is 4. The Morgan fingerprint density at radius 1 is 1.19 bits per heavy atom. The summed E-state index contributed by atoms with van der Waals surface area (Å²) < 4.78 is 12.4. The second kappa shape index (κ2) is 9.96. The van der Waals surface area contributed by atoms with E-state index in [0.29, 0.717) is 30.3 Å². The van der Waals surface area contributed by atoms with Crippen LogP contribution in [0.2, 0.25) is 0 Å². The standard InChI is InChI=1S/C20H20INO5/c1-3-26-18-11-15(10-17(20(24)25)22-13(2)23)9-16(21)19(18)27-12-14-7-5-4-6-8-14/h4-11H,3,12H2,1-2H3,(H,22,23)(H,24,25)/b17-10+. The predicted molar refractivity (Wildman–Crippen MR) is 111 cm³/mol. The number of carboxylic acid groups (broad SMARTS) is 1. The Kier molecular flexibility index (Phi) is 7.66. The minimum absolute atomic E-state index is 0.210. The number of aliphatic carboxylic acids is 1. The number of benzene rings is 2. The quantitative estimate of drug-likeness (QED) is 0.443. The Labute approximate surface area is 171 Å². The van der Waals surface area contributed by atoms with E-state index >= 15 is 0 Å². The third-order valence-electron chi connectivity index (χ3n) is 3.41. The van der Waals surface area contributed by atoms with E-state index < -0.39 is 11.9 Å². The van der Waals surface area contributed by atoms with Gasteiger partial charge in [0.1, 0.15) is 12.3 Å². The fraction of sp³-hybridized carbons (Fsp3) is 0.200. The van der Waals surface area contributed by atoms with E-state index in [0.717, 1.165) is 9.13 Å². The van der Waals surface area contributed by atoms with Crippen molar-refractivity contribution in [2.24, 2.45) is 0 Å². The predicted octanol–water partition coefficient (Wildman–Crippen LogP) is 3.83. The molecule has 0 saturated heterocycles. The van der Waals surface area contributed by atoms with Crippen LogP contribution >= 0.6 is 22.6 Å². The highest BCUT2D eigenvalue weighted by Crippen LogP contribution is 2.35. The third kappa shape index (κ3) is 6.28. The highest BCUT2D eigenvalue weighted by Gasteiger charge is 2.14. The Balaban J connectivity index is 2.34. The van der Waals surface area contributed by atoms with Crippen molar-refractivity contribution in [1.82, 2.24) is 5.32 Å². The molecule has 0 aromatic heterocycles. The van der Waals surface area contributed by atoms with Gasteiger partial charge in [-0.05, 0) is 58.9 Å². The van der Waals surface area contributed by atoms with E-state index in [1.165, 1.54) is 13.0 Å². The minimum atomic E-state index is -1.22. The van der Waals surface area contributed by atoms with Crippen LogP contribution in [0.3, 0.4) is 0 Å². The van der Waals surface area contributed by atoms with E-state index in [2.05, 4.69) is 27.9 Å². The number of carbonyl (C=O) groups excluding carboxylic acids is 1. The molecule has 0 fully saturated rings. The summed E-state index contributed by atoms with van der Waals surface area (Å²) in [5.41, 5.74) is 1.40. The molecule has 2 aromatic carbocycles. The van der Waals surface area contributed by atoms with E-state index in [-0.39, 0.29) is 5.70 Å². The number of ether oxygens (including phenoxy) is 2. The van der Waals surface area contributed by atoms with E-state index in [1.54, 1.807) is 12.1 Å². The largest absolute Gasteiger partial charge is 0.490 e. The molecular weight excluding hydrogens is 461 g/mol. The number of amides is 1. The van der Waals surface area contributed by atoms with Crippen molar-refractivity contribution in [3.05, 3.63) is 62.9 Å². The number of rotatable bonds is 8. The number of halogens is 1. The molecule has 0 atom stereocenters. The van der Waals surface area contributed by atoms with Crippen molar-refractivity contribution in [1.29, 1.82) is 0 Å². The summed E-state index contributed by atoms with van der Waals surface area (Å²) in [7, 11) is 0. The Morgan fingerprint density at radius 2 is 1.89 bits per heavy atom. The van der Waals surface area contributed by atoms with Crippen LogP contribution < -0.4 is 14.8 Å². The van der Waals surface area contributed by atoms with Gasteiger partial charge in [-0.25, -0.2) is 4.79 Å². The average Bonchev–Trinajstić information content (AvgIpc) is 2.61. The lowest BCUT2D eigenvalue weighted by atomic mass is 10.1. The molecule has 0 unspecified atom stereocenters. The molecule has 0 aliphatic rings. The average molecular weight is 481 g/mol. The topological polar surface area (TPSA) is 84.9 Å². The van der Waals surface area contributed by atoms with E-state index in [4.69, 9.17) is 9.47 Å². The lowest BCUT2D eigenvalue weighted by Gasteiger charge is -2.15. The molecule has 0 heterocycles. The normalized spacial score (nSPS) is 11.0. The summed E-state index contributed by atoms with van der Waals surface area (Å²) in [5, 5.41) is 11.6. The molecule has 0 saturated carbocycles. The zero-order chi connectivity index (χ0) is 19.8. The van der Waals surface area contributed by atoms with Gasteiger partial charge in [-0.15, -0.1) is 0 Å². The van der Waals surface area contributed by atoms with Crippen molar-refractivity contribution in [3.63, 3.8) is 0 Å². The minimum Gasteiger partial charge on any atom is -0.490 e. The van der Waals surface area contributed by atoms with Crippen LogP contribution in [0, 0.1) is 3.57 Å². The molecule has 0 aliphatic carbocycles. The lowest BCUT2D eigenvalue weighted by Crippen LogP contribution is -2.24. The fourth-order valence-electron chi connectivity index (χ4n) is 2.31. The second-order valence-corrected chi connectivity index (χ2v) is 6.74.